The van der Waals surface area contributed by atoms with Crippen LogP contribution in [0.5, 0.6) is 0 Å². The van der Waals surface area contributed by atoms with Crippen molar-refractivity contribution in [2.75, 3.05) is 64.4 Å². The van der Waals surface area contributed by atoms with Crippen LogP contribution in [0.1, 0.15) is 25.3 Å². The largest absolute Gasteiger partial charge is 0.383 e. The highest BCUT2D eigenvalue weighted by Crippen LogP contribution is 2.32. The van der Waals surface area contributed by atoms with Gasteiger partial charge in [0, 0.05) is 58.6 Å². The number of benzene rings is 1. The molecule has 2 fully saturated rings. The van der Waals surface area contributed by atoms with Gasteiger partial charge in [-0.3, -0.25) is 10.0 Å². The number of nitrogens with one attached hydrogen (secondary N) is 1. The summed E-state index contributed by atoms with van der Waals surface area (Å²) in [6, 6.07) is 8.64. The van der Waals surface area contributed by atoms with Crippen LogP contribution in [0, 0.1) is 0 Å². The van der Waals surface area contributed by atoms with Crippen molar-refractivity contribution in [1.29, 1.82) is 0 Å². The van der Waals surface area contributed by atoms with E-state index in [1.807, 2.05) is 9.79 Å². The van der Waals surface area contributed by atoms with Crippen molar-refractivity contribution in [3.8, 4) is 0 Å². The van der Waals surface area contributed by atoms with Gasteiger partial charge in [-0.05, 0) is 37.0 Å². The van der Waals surface area contributed by atoms with E-state index in [0.29, 0.717) is 45.6 Å². The average molecular weight is 440 g/mol. The summed E-state index contributed by atoms with van der Waals surface area (Å²) in [5, 5.41) is 9.37. The summed E-state index contributed by atoms with van der Waals surface area (Å²) in [4.78, 5) is 17.2. The Morgan fingerprint density at radius 2 is 1.80 bits per heavy atom. The second kappa shape index (κ2) is 10.7. The molecule has 0 aliphatic carbocycles. The number of nitrogens with zero attached hydrogens (tertiary/aromatic N) is 3. The Morgan fingerprint density at radius 1 is 1.17 bits per heavy atom. The van der Waals surface area contributed by atoms with Gasteiger partial charge in [-0.1, -0.05) is 19.1 Å². The number of aryl methyl sites for hydroxylation is 1. The number of carbonyl (C=O) groups excluding carboxylic acids is 1. The highest BCUT2D eigenvalue weighted by molar-refractivity contribution is 7.85. The van der Waals surface area contributed by atoms with Gasteiger partial charge in [-0.15, -0.1) is 0 Å². The van der Waals surface area contributed by atoms with Crippen LogP contribution in [0.15, 0.2) is 24.3 Å². The Balaban J connectivity index is 1.62. The Morgan fingerprint density at radius 3 is 2.33 bits per heavy atom. The van der Waals surface area contributed by atoms with Crippen molar-refractivity contribution in [2.24, 2.45) is 0 Å². The third kappa shape index (κ3) is 5.03. The van der Waals surface area contributed by atoms with Crippen molar-refractivity contribution >= 4 is 22.6 Å². The number of ether oxygens (including phenoxy) is 1. The minimum atomic E-state index is -1.25. The highest BCUT2D eigenvalue weighted by Gasteiger charge is 2.53. The van der Waals surface area contributed by atoms with Gasteiger partial charge in [0.05, 0.1) is 6.61 Å². The number of hydrogen-bond acceptors (Lipinski definition) is 5. The molecule has 0 radical (unpaired) electrons. The van der Waals surface area contributed by atoms with Crippen LogP contribution in [0.4, 0.5) is 5.69 Å². The van der Waals surface area contributed by atoms with Crippen molar-refractivity contribution in [3.05, 3.63) is 29.8 Å². The number of likely N-dealkylation sites (tertiary alicyclic amines) is 1. The third-order valence-corrected chi connectivity index (χ3v) is 8.48. The third-order valence-electron chi connectivity index (χ3n) is 6.33. The maximum Gasteiger partial charge on any atom is 0.281 e. The number of carbonyl (C=O) groups is 1. The number of piperidine rings is 1. The summed E-state index contributed by atoms with van der Waals surface area (Å²) in [6.07, 6.45) is 2.06. The molecule has 2 aliphatic heterocycles. The molecular formula is C21H35N4O4S+. The fourth-order valence-corrected chi connectivity index (χ4v) is 6.02. The molecule has 1 atom stereocenters. The number of methoxy groups -OCH3 is 1. The topological polar surface area (TPSA) is 89.7 Å². The second-order valence-corrected chi connectivity index (χ2v) is 9.80. The normalized spacial score (nSPS) is 21.4. The van der Waals surface area contributed by atoms with Gasteiger partial charge in [0.15, 0.2) is 4.75 Å². The zero-order chi connectivity index (χ0) is 21.6. The number of anilines is 1. The van der Waals surface area contributed by atoms with E-state index < -0.39 is 21.6 Å². The SMILES string of the molecule is CCc1ccc(N2CCN(S(=[OH+])C3(C(=O)NO)CCN(CCOC)CC3)CC2)cc1. The number of piperazine rings is 1. The minimum Gasteiger partial charge on any atom is -0.383 e. The fourth-order valence-electron chi connectivity index (χ4n) is 4.26. The first-order valence-electron chi connectivity index (χ1n) is 10.7. The van der Waals surface area contributed by atoms with E-state index in [0.717, 1.165) is 26.1 Å². The molecule has 0 bridgehead atoms. The first kappa shape index (κ1) is 23.1. The molecule has 2 heterocycles. The first-order chi connectivity index (χ1) is 14.5. The Labute approximate surface area is 181 Å². The molecule has 1 unspecified atom stereocenters. The molecule has 1 aromatic carbocycles. The molecule has 30 heavy (non-hydrogen) atoms. The summed E-state index contributed by atoms with van der Waals surface area (Å²) in [7, 11) is 0.425. The highest BCUT2D eigenvalue weighted by atomic mass is 32.2. The molecule has 9 heteroatoms. The molecule has 168 valence electrons. The van der Waals surface area contributed by atoms with E-state index in [1.54, 1.807) is 7.11 Å². The van der Waals surface area contributed by atoms with Crippen LogP contribution in [0.3, 0.4) is 0 Å². The number of amides is 1. The lowest BCUT2D eigenvalue weighted by atomic mass is 9.95. The smallest absolute Gasteiger partial charge is 0.281 e. The molecule has 3 rings (SSSR count). The predicted octanol–water partition coefficient (Wildman–Crippen LogP) is 1.18. The maximum atomic E-state index is 12.6. The van der Waals surface area contributed by atoms with Gasteiger partial charge >= 0.3 is 0 Å². The van der Waals surface area contributed by atoms with Crippen molar-refractivity contribution < 1.29 is 18.9 Å². The van der Waals surface area contributed by atoms with Gasteiger partial charge < -0.3 is 14.5 Å². The molecular weight excluding hydrogens is 404 g/mol. The predicted molar refractivity (Wildman–Crippen MR) is 119 cm³/mol. The number of hydrogen-bond donors (Lipinski definition) is 2. The van der Waals surface area contributed by atoms with Gasteiger partial charge in [0.1, 0.15) is 0 Å². The summed E-state index contributed by atoms with van der Waals surface area (Å²) >= 11 is 0. The van der Waals surface area contributed by atoms with Gasteiger partial charge in [-0.2, -0.15) is 4.31 Å². The molecule has 2 aliphatic rings. The molecule has 1 aromatic rings. The lowest BCUT2D eigenvalue weighted by Gasteiger charge is -2.40. The van der Waals surface area contributed by atoms with E-state index in [1.165, 1.54) is 11.3 Å². The van der Waals surface area contributed by atoms with E-state index in [-0.39, 0.29) is 0 Å². The second-order valence-electron chi connectivity index (χ2n) is 7.97. The van der Waals surface area contributed by atoms with Gasteiger partial charge in [0.25, 0.3) is 16.9 Å². The van der Waals surface area contributed by atoms with Crippen molar-refractivity contribution in [2.45, 2.75) is 30.9 Å². The molecule has 2 saturated heterocycles. The lowest BCUT2D eigenvalue weighted by molar-refractivity contribution is -0.133. The Bertz CT molecular complexity index is 714. The molecule has 0 spiro atoms. The van der Waals surface area contributed by atoms with Crippen LogP contribution in [-0.2, 0) is 26.9 Å². The first-order valence-corrected chi connectivity index (χ1v) is 11.9. The standard InChI is InChI=1S/C21H34N4O4S/c1-3-18-4-6-19(7-5-18)24-12-14-25(15-13-24)30(28)21(20(26)22-27)8-10-23(11-9-21)16-17-29-2/h4-7,27H,3,8-17H2,1-2H3,(H,22,26)/p+1. The van der Waals surface area contributed by atoms with Crippen LogP contribution in [0.2, 0.25) is 0 Å². The zero-order valence-electron chi connectivity index (χ0n) is 18.0. The van der Waals surface area contributed by atoms with Crippen LogP contribution in [0.25, 0.3) is 0 Å². The summed E-state index contributed by atoms with van der Waals surface area (Å²) in [6.45, 7) is 7.96. The quantitative estimate of drug-likeness (QED) is 0.361. The average Bonchev–Trinajstić information content (AvgIpc) is 2.82. The number of rotatable bonds is 8. The number of hydroxylamine groups is 1. The van der Waals surface area contributed by atoms with Crippen molar-refractivity contribution in [1.82, 2.24) is 14.7 Å². The zero-order valence-corrected chi connectivity index (χ0v) is 18.9. The van der Waals surface area contributed by atoms with E-state index >= 15 is 0 Å². The lowest BCUT2D eigenvalue weighted by Crippen LogP contribution is -2.61. The Kier molecular flexibility index (Phi) is 8.24. The van der Waals surface area contributed by atoms with E-state index in [9.17, 15) is 14.2 Å². The van der Waals surface area contributed by atoms with Crippen LogP contribution in [-0.4, -0.2) is 88.8 Å². The van der Waals surface area contributed by atoms with Gasteiger partial charge in [-0.25, -0.2) is 9.69 Å². The molecule has 0 saturated carbocycles. The fraction of sp³-hybridized carbons (Fsp3) is 0.667. The molecule has 3 N–H and O–H groups in total. The van der Waals surface area contributed by atoms with E-state index in [2.05, 4.69) is 41.0 Å². The summed E-state index contributed by atoms with van der Waals surface area (Å²) < 4.78 is 17.4. The van der Waals surface area contributed by atoms with Crippen molar-refractivity contribution in [3.63, 3.8) is 0 Å². The Hall–Kier alpha value is -1.52. The summed E-state index contributed by atoms with van der Waals surface area (Å²) in [5.74, 6) is -0.475. The molecule has 1 amide bonds. The van der Waals surface area contributed by atoms with Crippen LogP contribution >= 0.6 is 0 Å². The minimum absolute atomic E-state index is 0.475. The molecule has 0 aromatic heterocycles. The maximum absolute atomic E-state index is 12.6. The molecule has 8 nitrogen and oxygen atoms in total. The van der Waals surface area contributed by atoms with Crippen LogP contribution < -0.4 is 10.4 Å². The van der Waals surface area contributed by atoms with Gasteiger partial charge in [0.2, 0.25) is 0 Å². The monoisotopic (exact) mass is 439 g/mol. The van der Waals surface area contributed by atoms with E-state index in [4.69, 9.17) is 4.74 Å². The summed E-state index contributed by atoms with van der Waals surface area (Å²) in [5.41, 5.74) is 4.34.